The van der Waals surface area contributed by atoms with E-state index in [2.05, 4.69) is 10.6 Å². The van der Waals surface area contributed by atoms with Crippen molar-refractivity contribution in [2.75, 3.05) is 16.4 Å². The summed E-state index contributed by atoms with van der Waals surface area (Å²) in [6.07, 6.45) is 0.460. The molecule has 6 N–H and O–H groups in total. The molecule has 0 radical (unpaired) electrons. The van der Waals surface area contributed by atoms with Crippen LogP contribution >= 0.6 is 0 Å². The molecule has 1 aliphatic rings. The number of benzene rings is 3. The number of nitrogens with two attached hydrogens (primary N) is 2. The number of amides is 2. The van der Waals surface area contributed by atoms with Gasteiger partial charge in [0.2, 0.25) is 0 Å². The molecule has 0 aliphatic heterocycles. The van der Waals surface area contributed by atoms with Crippen molar-refractivity contribution in [1.82, 2.24) is 0 Å². The van der Waals surface area contributed by atoms with E-state index in [1.807, 2.05) is 24.3 Å². The summed E-state index contributed by atoms with van der Waals surface area (Å²) in [5.74, 6) is 0.163. The molecule has 7 nitrogen and oxygen atoms in total. The van der Waals surface area contributed by atoms with Crippen LogP contribution in [0.15, 0.2) is 72.8 Å². The number of nitrogens with one attached hydrogen (secondary N) is 2. The largest absolute Gasteiger partial charge is 0.444 e. The molecule has 1 fully saturated rings. The number of nitrogen functional groups attached to an aromatic ring is 1. The molecule has 0 aromatic heterocycles. The van der Waals surface area contributed by atoms with Gasteiger partial charge in [0.05, 0.1) is 11.4 Å². The zero-order valence-corrected chi connectivity index (χ0v) is 16.9. The zero-order valence-electron chi connectivity index (χ0n) is 16.9. The fourth-order valence-corrected chi connectivity index (χ4v) is 3.27. The minimum atomic E-state index is -0.567. The Kier molecular flexibility index (Phi) is 5.86. The quantitative estimate of drug-likeness (QED) is 0.451. The molecule has 0 heterocycles. The van der Waals surface area contributed by atoms with Crippen molar-refractivity contribution in [3.8, 4) is 0 Å². The lowest BCUT2D eigenvalue weighted by Crippen LogP contribution is -2.15. The fraction of sp³-hybridized carbons (Fsp3) is 0.167. The number of anilines is 3. The molecular formula is C24H24N4O3. The van der Waals surface area contributed by atoms with Crippen molar-refractivity contribution in [2.24, 2.45) is 5.73 Å². The second-order valence-electron chi connectivity index (χ2n) is 7.57. The van der Waals surface area contributed by atoms with Gasteiger partial charge in [0.25, 0.3) is 5.91 Å². The molecule has 1 saturated carbocycles. The monoisotopic (exact) mass is 416 g/mol. The van der Waals surface area contributed by atoms with Crippen LogP contribution in [0.3, 0.4) is 0 Å². The van der Waals surface area contributed by atoms with Crippen LogP contribution in [-0.4, -0.2) is 18.0 Å². The molecule has 2 atom stereocenters. The van der Waals surface area contributed by atoms with Gasteiger partial charge in [0, 0.05) is 23.2 Å². The van der Waals surface area contributed by atoms with E-state index in [0.717, 1.165) is 12.0 Å². The fourth-order valence-electron chi connectivity index (χ4n) is 3.27. The first kappa shape index (κ1) is 20.4. The van der Waals surface area contributed by atoms with Crippen molar-refractivity contribution in [3.63, 3.8) is 0 Å². The molecular weight excluding hydrogens is 392 g/mol. The highest BCUT2D eigenvalue weighted by atomic mass is 16.5. The molecule has 2 amide bonds. The van der Waals surface area contributed by atoms with Gasteiger partial charge in [0.15, 0.2) is 0 Å². The van der Waals surface area contributed by atoms with Gasteiger partial charge in [-0.25, -0.2) is 4.79 Å². The van der Waals surface area contributed by atoms with Crippen LogP contribution in [0.4, 0.5) is 21.9 Å². The minimum absolute atomic E-state index is 0.168. The average Bonchev–Trinajstić information content (AvgIpc) is 3.51. The van der Waals surface area contributed by atoms with E-state index in [0.29, 0.717) is 28.5 Å². The van der Waals surface area contributed by atoms with Gasteiger partial charge in [-0.05, 0) is 53.9 Å². The summed E-state index contributed by atoms with van der Waals surface area (Å²) in [7, 11) is 0. The van der Waals surface area contributed by atoms with E-state index in [1.54, 1.807) is 48.5 Å². The number of para-hydroxylation sites is 2. The third kappa shape index (κ3) is 5.21. The molecule has 7 heteroatoms. The van der Waals surface area contributed by atoms with Crippen LogP contribution in [0.2, 0.25) is 0 Å². The number of hydrogen-bond acceptors (Lipinski definition) is 5. The third-order valence-corrected chi connectivity index (χ3v) is 5.22. The lowest BCUT2D eigenvalue weighted by molar-refractivity contribution is 0.102. The lowest BCUT2D eigenvalue weighted by Gasteiger charge is -2.10. The number of carbonyl (C=O) groups excluding carboxylic acids is 2. The third-order valence-electron chi connectivity index (χ3n) is 5.22. The summed E-state index contributed by atoms with van der Waals surface area (Å²) < 4.78 is 5.27. The highest BCUT2D eigenvalue weighted by molar-refractivity contribution is 6.06. The van der Waals surface area contributed by atoms with E-state index in [-0.39, 0.29) is 18.6 Å². The van der Waals surface area contributed by atoms with Crippen LogP contribution in [0.5, 0.6) is 0 Å². The highest BCUT2D eigenvalue weighted by Crippen LogP contribution is 2.38. The van der Waals surface area contributed by atoms with Gasteiger partial charge >= 0.3 is 6.09 Å². The summed E-state index contributed by atoms with van der Waals surface area (Å²) in [6, 6.07) is 21.8. The summed E-state index contributed by atoms with van der Waals surface area (Å²) >= 11 is 0. The van der Waals surface area contributed by atoms with E-state index >= 15 is 0 Å². The normalized spacial score (nSPS) is 16.9. The van der Waals surface area contributed by atoms with E-state index in [1.165, 1.54) is 5.56 Å². The molecule has 4 rings (SSSR count). The molecule has 3 aromatic carbocycles. The van der Waals surface area contributed by atoms with Crippen LogP contribution in [0.1, 0.15) is 33.8 Å². The first-order chi connectivity index (χ1) is 15.0. The Morgan fingerprint density at radius 2 is 1.61 bits per heavy atom. The van der Waals surface area contributed by atoms with Crippen LogP contribution in [0.25, 0.3) is 0 Å². The second kappa shape index (κ2) is 8.89. The summed E-state index contributed by atoms with van der Waals surface area (Å²) in [5, 5.41) is 5.41. The van der Waals surface area contributed by atoms with Gasteiger partial charge in [-0.1, -0.05) is 36.4 Å². The Hall–Kier alpha value is -3.84. The number of hydrogen-bond donors (Lipinski definition) is 4. The van der Waals surface area contributed by atoms with E-state index in [4.69, 9.17) is 16.2 Å². The maximum Gasteiger partial charge on any atom is 0.411 e. The summed E-state index contributed by atoms with van der Waals surface area (Å²) in [5.41, 5.74) is 15.8. The molecule has 158 valence electrons. The molecule has 0 unspecified atom stereocenters. The smallest absolute Gasteiger partial charge is 0.411 e. The Morgan fingerprint density at radius 3 is 2.26 bits per heavy atom. The van der Waals surface area contributed by atoms with Crippen LogP contribution < -0.4 is 22.1 Å². The van der Waals surface area contributed by atoms with Gasteiger partial charge in [-0.15, -0.1) is 0 Å². The highest BCUT2D eigenvalue weighted by Gasteiger charge is 2.34. The van der Waals surface area contributed by atoms with Crippen LogP contribution in [-0.2, 0) is 11.3 Å². The number of rotatable bonds is 6. The molecule has 0 spiro atoms. The maximum absolute atomic E-state index is 12.4. The van der Waals surface area contributed by atoms with Gasteiger partial charge in [-0.2, -0.15) is 0 Å². The van der Waals surface area contributed by atoms with Gasteiger partial charge < -0.3 is 21.5 Å². The van der Waals surface area contributed by atoms with Crippen molar-refractivity contribution in [3.05, 3.63) is 89.5 Å². The summed E-state index contributed by atoms with van der Waals surface area (Å²) in [6.45, 7) is 0.168. The van der Waals surface area contributed by atoms with E-state index < -0.39 is 6.09 Å². The maximum atomic E-state index is 12.4. The number of carbonyl (C=O) groups is 2. The minimum Gasteiger partial charge on any atom is -0.444 e. The predicted octanol–water partition coefficient (Wildman–Crippen LogP) is 4.08. The summed E-state index contributed by atoms with van der Waals surface area (Å²) in [4.78, 5) is 24.4. The average molecular weight is 416 g/mol. The second-order valence-corrected chi connectivity index (χ2v) is 7.57. The Balaban J connectivity index is 1.27. The zero-order chi connectivity index (χ0) is 21.8. The standard InChI is InChI=1S/C24H24N4O3/c25-20-3-1-2-4-22(20)28-23(29)17-9-11-18(12-10-17)27-24(30)31-14-15-5-7-16(8-6-15)19-13-21(19)26/h1-12,19,21H,13-14,25-26H2,(H,27,30)(H,28,29)/t19-,21+/m1/s1. The Labute approximate surface area is 180 Å². The van der Waals surface area contributed by atoms with Gasteiger partial charge in [-0.3, -0.25) is 10.1 Å². The molecule has 31 heavy (non-hydrogen) atoms. The van der Waals surface area contributed by atoms with Crippen LogP contribution in [0, 0.1) is 0 Å². The van der Waals surface area contributed by atoms with Crippen molar-refractivity contribution < 1.29 is 14.3 Å². The van der Waals surface area contributed by atoms with E-state index in [9.17, 15) is 9.59 Å². The Morgan fingerprint density at radius 1 is 0.935 bits per heavy atom. The first-order valence-corrected chi connectivity index (χ1v) is 10.0. The van der Waals surface area contributed by atoms with Crippen molar-refractivity contribution in [2.45, 2.75) is 25.0 Å². The van der Waals surface area contributed by atoms with Crippen molar-refractivity contribution >= 4 is 29.1 Å². The number of ether oxygens (including phenoxy) is 1. The van der Waals surface area contributed by atoms with Crippen molar-refractivity contribution in [1.29, 1.82) is 0 Å². The molecule has 1 aliphatic carbocycles. The molecule has 0 bridgehead atoms. The lowest BCUT2D eigenvalue weighted by atomic mass is 10.1. The first-order valence-electron chi connectivity index (χ1n) is 10.0. The Bertz CT molecular complexity index is 1080. The predicted molar refractivity (Wildman–Crippen MR) is 121 cm³/mol. The molecule has 3 aromatic rings. The topological polar surface area (TPSA) is 119 Å². The molecule has 0 saturated heterocycles. The SMILES string of the molecule is Nc1ccccc1NC(=O)c1ccc(NC(=O)OCc2ccc([C@H]3C[C@@H]3N)cc2)cc1. The van der Waals surface area contributed by atoms with Gasteiger partial charge in [0.1, 0.15) is 6.61 Å².